The molecular weight excluding hydrogens is 310 g/mol. The number of hydrogen-bond acceptors (Lipinski definition) is 5. The predicted octanol–water partition coefficient (Wildman–Crippen LogP) is 3.72. The Hall–Kier alpha value is -2.05. The second-order valence-electron chi connectivity index (χ2n) is 5.22. The maximum atomic E-state index is 10.6. The predicted molar refractivity (Wildman–Crippen MR) is 89.2 cm³/mol. The normalized spacial score (nSPS) is 12.4. The molecule has 3 aromatic rings. The first-order chi connectivity index (χ1) is 11.3. The molecule has 0 spiro atoms. The molecule has 6 heteroatoms. The Morgan fingerprint density at radius 2 is 2.13 bits per heavy atom. The monoisotopic (exact) mass is 329 g/mol. The lowest BCUT2D eigenvalue weighted by molar-refractivity contribution is 0.209. The molecule has 1 aromatic carbocycles. The van der Waals surface area contributed by atoms with Gasteiger partial charge in [-0.2, -0.15) is 0 Å². The number of aromatic nitrogens is 3. The summed E-state index contributed by atoms with van der Waals surface area (Å²) >= 11 is 1.47. The minimum Gasteiger partial charge on any atom is -0.468 e. The largest absolute Gasteiger partial charge is 0.468 e. The van der Waals surface area contributed by atoms with Gasteiger partial charge in [0.25, 0.3) is 0 Å². The third kappa shape index (κ3) is 3.83. The van der Waals surface area contributed by atoms with E-state index >= 15 is 0 Å². The molecule has 1 unspecified atom stereocenters. The van der Waals surface area contributed by atoms with Gasteiger partial charge in [0, 0.05) is 0 Å². The van der Waals surface area contributed by atoms with Gasteiger partial charge in [0.1, 0.15) is 11.9 Å². The summed E-state index contributed by atoms with van der Waals surface area (Å²) in [4.78, 5) is 4.39. The highest BCUT2D eigenvalue weighted by Gasteiger charge is 2.18. The minimum atomic E-state index is -0.789. The van der Waals surface area contributed by atoms with Gasteiger partial charge in [-0.15, -0.1) is 5.10 Å². The minimum absolute atomic E-state index is 0.468. The molecule has 3 rings (SSSR count). The van der Waals surface area contributed by atoms with Gasteiger partial charge in [0.15, 0.2) is 5.82 Å². The lowest BCUT2D eigenvalue weighted by atomic mass is 9.99. The van der Waals surface area contributed by atoms with Gasteiger partial charge in [0.05, 0.1) is 12.0 Å². The van der Waals surface area contributed by atoms with Gasteiger partial charge in [-0.25, -0.2) is 4.98 Å². The van der Waals surface area contributed by atoms with E-state index in [1.54, 1.807) is 6.26 Å². The summed E-state index contributed by atoms with van der Waals surface area (Å²) in [6.45, 7) is 2.13. The number of H-pyrrole nitrogens is 1. The van der Waals surface area contributed by atoms with Gasteiger partial charge in [-0.05, 0) is 29.7 Å². The van der Waals surface area contributed by atoms with Crippen molar-refractivity contribution < 1.29 is 9.52 Å². The number of rotatable bonds is 7. The van der Waals surface area contributed by atoms with Crippen LogP contribution in [0.1, 0.15) is 42.2 Å². The number of furan rings is 1. The number of aryl methyl sites for hydroxylation is 1. The van der Waals surface area contributed by atoms with Crippen LogP contribution in [0.5, 0.6) is 0 Å². The second kappa shape index (κ2) is 7.48. The Balaban J connectivity index is 1.72. The fourth-order valence-electron chi connectivity index (χ4n) is 2.42. The average molecular weight is 329 g/mol. The number of aromatic amines is 1. The topological polar surface area (TPSA) is 74.9 Å². The molecule has 0 aliphatic rings. The lowest BCUT2D eigenvalue weighted by Crippen LogP contribution is -2.05. The molecular formula is C17H19N3O2S. The van der Waals surface area contributed by atoms with E-state index < -0.39 is 6.10 Å². The van der Waals surface area contributed by atoms with Crippen LogP contribution < -0.4 is 0 Å². The molecule has 0 saturated carbocycles. The quantitative estimate of drug-likeness (QED) is 0.646. The van der Waals surface area contributed by atoms with Crippen LogP contribution in [0.3, 0.4) is 0 Å². The van der Waals surface area contributed by atoms with E-state index in [4.69, 9.17) is 4.42 Å². The smallest absolute Gasteiger partial charge is 0.208 e. The number of nitrogens with zero attached hydrogens (tertiary/aromatic N) is 2. The molecule has 5 nitrogen and oxygen atoms in total. The van der Waals surface area contributed by atoms with Gasteiger partial charge >= 0.3 is 0 Å². The fraction of sp³-hybridized carbons (Fsp3) is 0.294. The van der Waals surface area contributed by atoms with Gasteiger partial charge in [0.2, 0.25) is 5.16 Å². The van der Waals surface area contributed by atoms with Crippen LogP contribution in [0.15, 0.2) is 52.2 Å². The Kier molecular flexibility index (Phi) is 5.15. The zero-order chi connectivity index (χ0) is 16.1. The first-order valence-corrected chi connectivity index (χ1v) is 8.60. The Bertz CT molecular complexity index is 740. The van der Waals surface area contributed by atoms with Crippen LogP contribution in [0.4, 0.5) is 0 Å². The number of hydrogen-bond donors (Lipinski definition) is 2. The van der Waals surface area contributed by atoms with Crippen LogP contribution >= 0.6 is 11.8 Å². The number of nitrogens with one attached hydrogen (secondary N) is 1. The third-order valence-corrected chi connectivity index (χ3v) is 4.40. The molecule has 0 bridgehead atoms. The van der Waals surface area contributed by atoms with Crippen LogP contribution in [0.25, 0.3) is 0 Å². The number of aliphatic hydroxyl groups excluding tert-OH is 1. The van der Waals surface area contributed by atoms with Gasteiger partial charge < -0.3 is 9.52 Å². The van der Waals surface area contributed by atoms with E-state index in [1.165, 1.54) is 11.8 Å². The Labute approximate surface area is 139 Å². The van der Waals surface area contributed by atoms with Gasteiger partial charge in [-0.1, -0.05) is 49.4 Å². The molecule has 2 heterocycles. The first-order valence-electron chi connectivity index (χ1n) is 7.61. The average Bonchev–Trinajstić information content (AvgIpc) is 3.25. The maximum Gasteiger partial charge on any atom is 0.208 e. The highest BCUT2D eigenvalue weighted by atomic mass is 32.2. The van der Waals surface area contributed by atoms with Crippen LogP contribution in [-0.4, -0.2) is 20.3 Å². The molecule has 0 amide bonds. The summed E-state index contributed by atoms with van der Waals surface area (Å²) in [5.74, 6) is 2.00. The van der Waals surface area contributed by atoms with Crippen molar-refractivity contribution >= 4 is 11.8 Å². The summed E-state index contributed by atoms with van der Waals surface area (Å²) in [5.41, 5.74) is 2.02. The molecule has 2 N–H and O–H groups in total. The van der Waals surface area contributed by atoms with Crippen molar-refractivity contribution in [1.29, 1.82) is 0 Å². The number of benzene rings is 1. The lowest BCUT2D eigenvalue weighted by Gasteiger charge is -2.12. The SMILES string of the molecule is CCCc1ccccc1C(O)c1nc(SCc2ccco2)n[nH]1. The van der Waals surface area contributed by atoms with E-state index in [1.807, 2.05) is 36.4 Å². The van der Waals surface area contributed by atoms with E-state index in [2.05, 4.69) is 22.1 Å². The third-order valence-electron chi connectivity index (χ3n) is 3.53. The summed E-state index contributed by atoms with van der Waals surface area (Å²) in [5, 5.41) is 18.2. The molecule has 2 aromatic heterocycles. The number of thioether (sulfide) groups is 1. The second-order valence-corrected chi connectivity index (χ2v) is 6.17. The molecule has 0 aliphatic carbocycles. The Morgan fingerprint density at radius 3 is 2.91 bits per heavy atom. The van der Waals surface area contributed by atoms with E-state index in [-0.39, 0.29) is 0 Å². The van der Waals surface area contributed by atoms with Crippen molar-refractivity contribution in [2.24, 2.45) is 0 Å². The molecule has 1 atom stereocenters. The summed E-state index contributed by atoms with van der Waals surface area (Å²) in [7, 11) is 0. The molecule has 0 saturated heterocycles. The van der Waals surface area contributed by atoms with Crippen molar-refractivity contribution in [3.8, 4) is 0 Å². The first kappa shape index (κ1) is 15.8. The summed E-state index contributed by atoms with van der Waals surface area (Å²) in [6.07, 6.45) is 2.82. The zero-order valence-corrected chi connectivity index (χ0v) is 13.7. The zero-order valence-electron chi connectivity index (χ0n) is 12.9. The van der Waals surface area contributed by atoms with Crippen molar-refractivity contribution in [1.82, 2.24) is 15.2 Å². The molecule has 0 fully saturated rings. The van der Waals surface area contributed by atoms with E-state index in [9.17, 15) is 5.11 Å². The fourth-order valence-corrected chi connectivity index (χ4v) is 3.13. The standard InChI is InChI=1S/C17H19N3O2S/c1-2-6-12-7-3-4-9-14(12)15(21)16-18-17(20-19-16)23-11-13-8-5-10-22-13/h3-5,7-10,15,21H,2,6,11H2,1H3,(H,18,19,20). The van der Waals surface area contributed by atoms with Crippen molar-refractivity contribution in [3.63, 3.8) is 0 Å². The van der Waals surface area contributed by atoms with E-state index in [0.29, 0.717) is 16.7 Å². The molecule has 0 aliphatic heterocycles. The summed E-state index contributed by atoms with van der Waals surface area (Å²) < 4.78 is 5.29. The Morgan fingerprint density at radius 1 is 1.26 bits per heavy atom. The van der Waals surface area contributed by atoms with Crippen LogP contribution in [-0.2, 0) is 12.2 Å². The summed E-state index contributed by atoms with van der Waals surface area (Å²) in [6, 6.07) is 11.7. The van der Waals surface area contributed by atoms with Crippen LogP contribution in [0.2, 0.25) is 0 Å². The number of aliphatic hydroxyl groups is 1. The maximum absolute atomic E-state index is 10.6. The van der Waals surface area contributed by atoms with Crippen molar-refractivity contribution in [2.75, 3.05) is 0 Å². The van der Waals surface area contributed by atoms with Crippen molar-refractivity contribution in [2.45, 2.75) is 36.8 Å². The van der Waals surface area contributed by atoms with E-state index in [0.717, 1.165) is 29.7 Å². The van der Waals surface area contributed by atoms with Gasteiger partial charge in [-0.3, -0.25) is 5.10 Å². The highest BCUT2D eigenvalue weighted by molar-refractivity contribution is 7.98. The molecule has 23 heavy (non-hydrogen) atoms. The van der Waals surface area contributed by atoms with Crippen molar-refractivity contribution in [3.05, 3.63) is 65.4 Å². The molecule has 0 radical (unpaired) electrons. The highest BCUT2D eigenvalue weighted by Crippen LogP contribution is 2.26. The molecule has 120 valence electrons. The van der Waals surface area contributed by atoms with Crippen LogP contribution in [0, 0.1) is 0 Å².